The van der Waals surface area contributed by atoms with E-state index in [1.165, 1.54) is 11.6 Å². The molecule has 0 radical (unpaired) electrons. The van der Waals surface area contributed by atoms with Gasteiger partial charge in [-0.25, -0.2) is 4.39 Å². The molecule has 1 aromatic rings. The molecule has 88 valence electrons. The third-order valence-corrected chi connectivity index (χ3v) is 3.38. The van der Waals surface area contributed by atoms with Crippen molar-refractivity contribution in [3.8, 4) is 0 Å². The molecule has 3 heteroatoms. The van der Waals surface area contributed by atoms with Crippen molar-refractivity contribution in [2.24, 2.45) is 0 Å². The zero-order chi connectivity index (χ0) is 12.0. The Morgan fingerprint density at radius 2 is 2.31 bits per heavy atom. The van der Waals surface area contributed by atoms with E-state index in [1.54, 1.807) is 6.07 Å². The van der Waals surface area contributed by atoms with Crippen molar-refractivity contribution in [3.63, 3.8) is 0 Å². The molecule has 1 N–H and O–H groups in total. The van der Waals surface area contributed by atoms with Crippen LogP contribution >= 0.6 is 22.6 Å². The van der Waals surface area contributed by atoms with Gasteiger partial charge in [0.05, 0.1) is 0 Å². The second-order valence-electron chi connectivity index (χ2n) is 3.64. The van der Waals surface area contributed by atoms with Crippen molar-refractivity contribution in [2.75, 3.05) is 6.54 Å². The lowest BCUT2D eigenvalue weighted by molar-refractivity contribution is 0.516. The topological polar surface area (TPSA) is 12.0 Å². The highest BCUT2D eigenvalue weighted by atomic mass is 127. The molecular weight excluding hydrogens is 316 g/mol. The Bertz CT molecular complexity index is 352. The first-order valence-electron chi connectivity index (χ1n) is 5.48. The second kappa shape index (κ2) is 7.01. The van der Waals surface area contributed by atoms with Gasteiger partial charge in [-0.15, -0.1) is 6.58 Å². The van der Waals surface area contributed by atoms with Crippen LogP contribution < -0.4 is 5.32 Å². The van der Waals surface area contributed by atoms with Crippen LogP contribution in [0.4, 0.5) is 4.39 Å². The third kappa shape index (κ3) is 3.87. The number of halogens is 2. The van der Waals surface area contributed by atoms with Crippen molar-refractivity contribution >= 4 is 22.6 Å². The van der Waals surface area contributed by atoms with Gasteiger partial charge in [0.1, 0.15) is 5.82 Å². The summed E-state index contributed by atoms with van der Waals surface area (Å²) >= 11 is 2.19. The summed E-state index contributed by atoms with van der Waals surface area (Å²) in [6, 6.07) is 5.26. The van der Waals surface area contributed by atoms with E-state index in [0.29, 0.717) is 0 Å². The SMILES string of the molecule is C=CCCC(NCC)c1ccc(F)cc1I. The Labute approximate surface area is 110 Å². The predicted octanol–water partition coefficient (Wildman–Crippen LogP) is 4.05. The number of rotatable bonds is 6. The van der Waals surface area contributed by atoms with Crippen molar-refractivity contribution < 1.29 is 4.39 Å². The molecule has 0 amide bonds. The number of benzene rings is 1. The van der Waals surface area contributed by atoms with Crippen LogP contribution in [0.25, 0.3) is 0 Å². The van der Waals surface area contributed by atoms with Crippen molar-refractivity contribution in [3.05, 3.63) is 45.8 Å². The fraction of sp³-hybridized carbons (Fsp3) is 0.385. The Morgan fingerprint density at radius 3 is 2.88 bits per heavy atom. The van der Waals surface area contributed by atoms with Crippen LogP contribution in [0.5, 0.6) is 0 Å². The fourth-order valence-corrected chi connectivity index (χ4v) is 2.54. The lowest BCUT2D eigenvalue weighted by Crippen LogP contribution is -2.21. The molecule has 0 saturated heterocycles. The van der Waals surface area contributed by atoms with Crippen LogP contribution in [0.15, 0.2) is 30.9 Å². The van der Waals surface area contributed by atoms with E-state index in [4.69, 9.17) is 0 Å². The van der Waals surface area contributed by atoms with Crippen LogP contribution in [0.2, 0.25) is 0 Å². The van der Waals surface area contributed by atoms with Gasteiger partial charge >= 0.3 is 0 Å². The summed E-state index contributed by atoms with van der Waals surface area (Å²) < 4.78 is 14.0. The van der Waals surface area contributed by atoms with Gasteiger partial charge in [0.15, 0.2) is 0 Å². The molecule has 16 heavy (non-hydrogen) atoms. The van der Waals surface area contributed by atoms with Crippen molar-refractivity contribution in [1.29, 1.82) is 0 Å². The Morgan fingerprint density at radius 1 is 1.56 bits per heavy atom. The van der Waals surface area contributed by atoms with Gasteiger partial charge in [-0.05, 0) is 59.7 Å². The van der Waals surface area contributed by atoms with Crippen LogP contribution in [0, 0.1) is 9.39 Å². The first kappa shape index (κ1) is 13.6. The molecule has 0 bridgehead atoms. The van der Waals surface area contributed by atoms with Gasteiger partial charge in [0.2, 0.25) is 0 Å². The standard InChI is InChI=1S/C13H17FIN/c1-3-5-6-13(16-4-2)11-8-7-10(14)9-12(11)15/h3,7-9,13,16H,1,4-6H2,2H3. The molecule has 0 heterocycles. The predicted molar refractivity (Wildman–Crippen MR) is 75.0 cm³/mol. The first-order valence-corrected chi connectivity index (χ1v) is 6.56. The molecule has 0 fully saturated rings. The number of hydrogen-bond acceptors (Lipinski definition) is 1. The van der Waals surface area contributed by atoms with E-state index in [0.717, 1.165) is 23.0 Å². The summed E-state index contributed by atoms with van der Waals surface area (Å²) in [5.74, 6) is -0.174. The summed E-state index contributed by atoms with van der Waals surface area (Å²) in [7, 11) is 0. The largest absolute Gasteiger partial charge is 0.310 e. The monoisotopic (exact) mass is 333 g/mol. The minimum absolute atomic E-state index is 0.174. The van der Waals surface area contributed by atoms with Crippen LogP contribution in [0.3, 0.4) is 0 Å². The second-order valence-corrected chi connectivity index (χ2v) is 4.80. The Hall–Kier alpha value is -0.420. The zero-order valence-electron chi connectivity index (χ0n) is 9.47. The molecule has 0 saturated carbocycles. The molecule has 1 unspecified atom stereocenters. The Balaban J connectivity index is 2.86. The third-order valence-electron chi connectivity index (χ3n) is 2.45. The van der Waals surface area contributed by atoms with Crippen molar-refractivity contribution in [1.82, 2.24) is 5.32 Å². The molecule has 1 atom stereocenters. The fourth-order valence-electron chi connectivity index (χ4n) is 1.68. The molecule has 1 nitrogen and oxygen atoms in total. The van der Waals surface area contributed by atoms with Crippen LogP contribution in [0.1, 0.15) is 31.4 Å². The molecule has 1 rings (SSSR count). The van der Waals surface area contributed by atoms with Gasteiger partial charge in [-0.3, -0.25) is 0 Å². The average molecular weight is 333 g/mol. The maximum absolute atomic E-state index is 13.0. The van der Waals surface area contributed by atoms with Gasteiger partial charge in [0.25, 0.3) is 0 Å². The summed E-state index contributed by atoms with van der Waals surface area (Å²) in [5.41, 5.74) is 1.17. The zero-order valence-corrected chi connectivity index (χ0v) is 11.6. The summed E-state index contributed by atoms with van der Waals surface area (Å²) in [6.07, 6.45) is 3.88. The van der Waals surface area contributed by atoms with Crippen LogP contribution in [-0.4, -0.2) is 6.54 Å². The van der Waals surface area contributed by atoms with E-state index < -0.39 is 0 Å². The molecule has 0 aromatic heterocycles. The van der Waals surface area contributed by atoms with E-state index in [9.17, 15) is 4.39 Å². The highest BCUT2D eigenvalue weighted by molar-refractivity contribution is 14.1. The average Bonchev–Trinajstić information content (AvgIpc) is 2.25. The smallest absolute Gasteiger partial charge is 0.124 e. The highest BCUT2D eigenvalue weighted by Crippen LogP contribution is 2.24. The first-order chi connectivity index (χ1) is 7.69. The molecule has 1 aromatic carbocycles. The summed E-state index contributed by atoms with van der Waals surface area (Å²) in [6.45, 7) is 6.73. The van der Waals surface area contributed by atoms with Gasteiger partial charge < -0.3 is 5.32 Å². The van der Waals surface area contributed by atoms with Crippen LogP contribution in [-0.2, 0) is 0 Å². The van der Waals surface area contributed by atoms with E-state index in [-0.39, 0.29) is 11.9 Å². The molecule has 0 aliphatic heterocycles. The maximum atomic E-state index is 13.0. The van der Waals surface area contributed by atoms with Gasteiger partial charge in [0, 0.05) is 9.61 Å². The Kier molecular flexibility index (Phi) is 5.98. The summed E-state index contributed by atoms with van der Waals surface area (Å²) in [4.78, 5) is 0. The molecule has 0 aliphatic carbocycles. The van der Waals surface area contributed by atoms with E-state index >= 15 is 0 Å². The molecule has 0 aliphatic rings. The minimum Gasteiger partial charge on any atom is -0.310 e. The van der Waals surface area contributed by atoms with Crippen molar-refractivity contribution in [2.45, 2.75) is 25.8 Å². The lowest BCUT2D eigenvalue weighted by atomic mass is 10.0. The number of hydrogen-bond donors (Lipinski definition) is 1. The summed E-state index contributed by atoms with van der Waals surface area (Å²) in [5, 5.41) is 3.42. The molecular formula is C13H17FIN. The van der Waals surface area contributed by atoms with E-state index in [2.05, 4.69) is 41.4 Å². The highest BCUT2D eigenvalue weighted by Gasteiger charge is 2.12. The quantitative estimate of drug-likeness (QED) is 0.612. The number of nitrogens with one attached hydrogen (secondary N) is 1. The normalized spacial score (nSPS) is 12.4. The lowest BCUT2D eigenvalue weighted by Gasteiger charge is -2.19. The minimum atomic E-state index is -0.174. The van der Waals surface area contributed by atoms with Gasteiger partial charge in [-0.2, -0.15) is 0 Å². The van der Waals surface area contributed by atoms with Gasteiger partial charge in [-0.1, -0.05) is 19.1 Å². The van der Waals surface area contributed by atoms with E-state index in [1.807, 2.05) is 12.1 Å². The molecule has 0 spiro atoms. The maximum Gasteiger partial charge on any atom is 0.124 e. The number of allylic oxidation sites excluding steroid dienone is 1.